The van der Waals surface area contributed by atoms with E-state index in [1.54, 1.807) is 25.1 Å². The molecule has 0 atom stereocenters. The van der Waals surface area contributed by atoms with E-state index in [4.69, 9.17) is 16.3 Å². The first-order chi connectivity index (χ1) is 13.1. The van der Waals surface area contributed by atoms with E-state index in [-0.39, 0.29) is 16.3 Å². The molecule has 0 saturated carbocycles. The molecule has 0 spiro atoms. The third-order valence-electron chi connectivity index (χ3n) is 4.49. The maximum Gasteiger partial charge on any atom is 0.262 e. The van der Waals surface area contributed by atoms with Crippen molar-refractivity contribution in [3.8, 4) is 5.75 Å². The lowest BCUT2D eigenvalue weighted by molar-refractivity contribution is 0.417. The second kappa shape index (κ2) is 7.81. The Kier molecular flexibility index (Phi) is 5.79. The van der Waals surface area contributed by atoms with Gasteiger partial charge in [-0.15, -0.1) is 0 Å². The quantitative estimate of drug-likeness (QED) is 0.763. The van der Waals surface area contributed by atoms with Crippen molar-refractivity contribution >= 4 is 43.0 Å². The second-order valence-electron chi connectivity index (χ2n) is 6.50. The van der Waals surface area contributed by atoms with E-state index in [0.717, 1.165) is 6.42 Å². The summed E-state index contributed by atoms with van der Waals surface area (Å²) in [6.07, 6.45) is 1.41. The number of halogens is 1. The second-order valence-corrected chi connectivity index (χ2v) is 10.6. The Bertz CT molecular complexity index is 1100. The molecule has 1 fully saturated rings. The van der Waals surface area contributed by atoms with Crippen LogP contribution in [0.1, 0.15) is 18.4 Å². The highest BCUT2D eigenvalue weighted by Crippen LogP contribution is 2.32. The molecule has 3 rings (SSSR count). The van der Waals surface area contributed by atoms with E-state index >= 15 is 0 Å². The van der Waals surface area contributed by atoms with Crippen LogP contribution in [0.4, 0.5) is 11.4 Å². The van der Waals surface area contributed by atoms with Crippen LogP contribution in [-0.2, 0) is 20.0 Å². The third kappa shape index (κ3) is 4.21. The molecule has 1 saturated heterocycles. The number of ether oxygens (including phenoxy) is 1. The van der Waals surface area contributed by atoms with E-state index in [1.165, 1.54) is 29.6 Å². The number of hydrogen-bond acceptors (Lipinski definition) is 5. The largest absolute Gasteiger partial charge is 0.495 e. The third-order valence-corrected chi connectivity index (χ3v) is 8.12. The minimum Gasteiger partial charge on any atom is -0.495 e. The molecule has 0 unspecified atom stereocenters. The predicted octanol–water partition coefficient (Wildman–Crippen LogP) is 3.39. The summed E-state index contributed by atoms with van der Waals surface area (Å²) in [5.74, 6) is 0.434. The molecule has 152 valence electrons. The van der Waals surface area contributed by atoms with Gasteiger partial charge < -0.3 is 4.74 Å². The van der Waals surface area contributed by atoms with Gasteiger partial charge in [-0.25, -0.2) is 16.8 Å². The first-order valence-electron chi connectivity index (χ1n) is 8.61. The van der Waals surface area contributed by atoms with E-state index in [2.05, 4.69) is 4.72 Å². The van der Waals surface area contributed by atoms with Crippen molar-refractivity contribution in [3.05, 3.63) is 47.0 Å². The molecule has 0 radical (unpaired) electrons. The van der Waals surface area contributed by atoms with E-state index in [0.29, 0.717) is 35.0 Å². The average Bonchev–Trinajstić information content (AvgIpc) is 2.61. The van der Waals surface area contributed by atoms with Gasteiger partial charge in [-0.3, -0.25) is 9.03 Å². The van der Waals surface area contributed by atoms with Gasteiger partial charge in [0.15, 0.2) is 0 Å². The molecule has 7 nitrogen and oxygen atoms in total. The van der Waals surface area contributed by atoms with E-state index in [1.807, 2.05) is 0 Å². The highest BCUT2D eigenvalue weighted by atomic mass is 35.5. The Hall–Kier alpha value is -1.97. The van der Waals surface area contributed by atoms with Gasteiger partial charge in [0.2, 0.25) is 10.0 Å². The molecule has 2 aromatic rings. The molecule has 0 aromatic heterocycles. The fourth-order valence-corrected chi connectivity index (χ4v) is 6.22. The standard InChI is InChI=1S/C18H21ClN2O5S2/c1-13-11-15(21-9-3-4-10-27(21,22)23)6-8-18(13)28(24,25)20-16-12-14(19)5-7-17(16)26-2/h5-8,11-12,20H,3-4,9-10H2,1-2H3. The molecular weight excluding hydrogens is 424 g/mol. The molecule has 0 aliphatic carbocycles. The number of hydrogen-bond donors (Lipinski definition) is 1. The summed E-state index contributed by atoms with van der Waals surface area (Å²) in [5.41, 5.74) is 1.13. The van der Waals surface area contributed by atoms with Gasteiger partial charge in [0.1, 0.15) is 5.75 Å². The predicted molar refractivity (Wildman–Crippen MR) is 110 cm³/mol. The zero-order valence-electron chi connectivity index (χ0n) is 15.5. The van der Waals surface area contributed by atoms with Crippen LogP contribution in [0.5, 0.6) is 5.75 Å². The molecule has 1 heterocycles. The summed E-state index contributed by atoms with van der Waals surface area (Å²) in [6, 6.07) is 9.12. The lowest BCUT2D eigenvalue weighted by Gasteiger charge is -2.28. The van der Waals surface area contributed by atoms with Gasteiger partial charge >= 0.3 is 0 Å². The van der Waals surface area contributed by atoms with Gasteiger partial charge in [-0.2, -0.15) is 0 Å². The smallest absolute Gasteiger partial charge is 0.262 e. The highest BCUT2D eigenvalue weighted by Gasteiger charge is 2.27. The van der Waals surface area contributed by atoms with Crippen LogP contribution in [0.2, 0.25) is 5.02 Å². The lowest BCUT2D eigenvalue weighted by Crippen LogP contribution is -2.37. The van der Waals surface area contributed by atoms with Gasteiger partial charge in [-0.05, 0) is 61.7 Å². The Morgan fingerprint density at radius 3 is 2.54 bits per heavy atom. The number of nitrogens with zero attached hydrogens (tertiary/aromatic N) is 1. The van der Waals surface area contributed by atoms with Crippen LogP contribution in [0.15, 0.2) is 41.3 Å². The van der Waals surface area contributed by atoms with Crippen molar-refractivity contribution < 1.29 is 21.6 Å². The van der Waals surface area contributed by atoms with Gasteiger partial charge in [0.05, 0.1) is 29.1 Å². The van der Waals surface area contributed by atoms with Crippen LogP contribution in [0.3, 0.4) is 0 Å². The van der Waals surface area contributed by atoms with Crippen molar-refractivity contribution in [2.45, 2.75) is 24.7 Å². The summed E-state index contributed by atoms with van der Waals surface area (Å²) in [7, 11) is -5.86. The minimum absolute atomic E-state index is 0.0488. The van der Waals surface area contributed by atoms with Crippen LogP contribution >= 0.6 is 11.6 Å². The Balaban J connectivity index is 1.94. The van der Waals surface area contributed by atoms with Crippen molar-refractivity contribution in [1.29, 1.82) is 0 Å². The Morgan fingerprint density at radius 2 is 1.89 bits per heavy atom. The fourth-order valence-electron chi connectivity index (χ4n) is 3.13. The van der Waals surface area contributed by atoms with Gasteiger partial charge in [-0.1, -0.05) is 11.6 Å². The van der Waals surface area contributed by atoms with E-state index < -0.39 is 20.0 Å². The number of benzene rings is 2. The molecule has 1 N–H and O–H groups in total. The fraction of sp³-hybridized carbons (Fsp3) is 0.333. The van der Waals surface area contributed by atoms with Crippen molar-refractivity contribution in [2.24, 2.45) is 0 Å². The molecule has 10 heteroatoms. The van der Waals surface area contributed by atoms with Gasteiger partial charge in [0, 0.05) is 11.6 Å². The zero-order chi connectivity index (χ0) is 20.5. The number of aryl methyl sites for hydroxylation is 1. The van der Waals surface area contributed by atoms with Gasteiger partial charge in [0.25, 0.3) is 10.0 Å². The summed E-state index contributed by atoms with van der Waals surface area (Å²) in [5, 5.41) is 0.362. The summed E-state index contributed by atoms with van der Waals surface area (Å²) in [4.78, 5) is 0.0488. The van der Waals surface area contributed by atoms with E-state index in [9.17, 15) is 16.8 Å². The van der Waals surface area contributed by atoms with Crippen LogP contribution in [-0.4, -0.2) is 36.2 Å². The molecule has 0 amide bonds. The van der Waals surface area contributed by atoms with Crippen molar-refractivity contribution in [2.75, 3.05) is 28.4 Å². The molecule has 2 aromatic carbocycles. The molecule has 28 heavy (non-hydrogen) atoms. The van der Waals surface area contributed by atoms with Crippen molar-refractivity contribution in [3.63, 3.8) is 0 Å². The summed E-state index contributed by atoms with van der Waals surface area (Å²) >= 11 is 5.96. The van der Waals surface area contributed by atoms with Crippen LogP contribution < -0.4 is 13.8 Å². The normalized spacial score (nSPS) is 16.6. The topological polar surface area (TPSA) is 92.8 Å². The lowest BCUT2D eigenvalue weighted by atomic mass is 10.2. The first-order valence-corrected chi connectivity index (χ1v) is 12.1. The monoisotopic (exact) mass is 444 g/mol. The molecule has 0 bridgehead atoms. The first kappa shape index (κ1) is 20.8. The summed E-state index contributed by atoms with van der Waals surface area (Å²) in [6.45, 7) is 2.02. The average molecular weight is 445 g/mol. The highest BCUT2D eigenvalue weighted by molar-refractivity contribution is 7.93. The molecule has 1 aliphatic heterocycles. The number of methoxy groups -OCH3 is 1. The maximum absolute atomic E-state index is 12.9. The summed E-state index contributed by atoms with van der Waals surface area (Å²) < 4.78 is 59.3. The molecule has 1 aliphatic rings. The Labute approximate surface area is 170 Å². The Morgan fingerprint density at radius 1 is 1.14 bits per heavy atom. The van der Waals surface area contributed by atoms with Crippen LogP contribution in [0, 0.1) is 6.92 Å². The number of nitrogens with one attached hydrogen (secondary N) is 1. The maximum atomic E-state index is 12.9. The number of anilines is 2. The number of rotatable bonds is 5. The molecular formula is C18H21ClN2O5S2. The number of sulfonamides is 2. The van der Waals surface area contributed by atoms with Crippen molar-refractivity contribution in [1.82, 2.24) is 0 Å². The SMILES string of the molecule is COc1ccc(Cl)cc1NS(=O)(=O)c1ccc(N2CCCCS2(=O)=O)cc1C. The van der Waals surface area contributed by atoms with Crippen LogP contribution in [0.25, 0.3) is 0 Å². The minimum atomic E-state index is -3.93. The zero-order valence-corrected chi connectivity index (χ0v) is 17.9.